The Balaban J connectivity index is 2.80. The average molecular weight is 315 g/mol. The van der Waals surface area contributed by atoms with Crippen molar-refractivity contribution in [3.8, 4) is 12.1 Å². The molecular weight excluding hydrogens is 308 g/mol. The van der Waals surface area contributed by atoms with Gasteiger partial charge in [0.1, 0.15) is 23.3 Å². The normalized spacial score (nSPS) is 9.68. The third kappa shape index (κ3) is 2.42. The maximum atomic E-state index is 11.9. The highest BCUT2D eigenvalue weighted by Gasteiger charge is 2.11. The zero-order valence-electron chi connectivity index (χ0n) is 9.90. The lowest BCUT2D eigenvalue weighted by molar-refractivity contribution is 0.558. The van der Waals surface area contributed by atoms with Gasteiger partial charge in [-0.15, -0.1) is 0 Å². The molecule has 0 N–H and O–H groups in total. The first-order chi connectivity index (χ1) is 9.06. The van der Waals surface area contributed by atoms with Crippen LogP contribution in [0.4, 0.5) is 0 Å². The van der Waals surface area contributed by atoms with Gasteiger partial charge < -0.3 is 4.42 Å². The molecule has 0 radical (unpaired) electrons. The van der Waals surface area contributed by atoms with Crippen LogP contribution in [0.15, 0.2) is 43.5 Å². The Bertz CT molecular complexity index is 819. The summed E-state index contributed by atoms with van der Waals surface area (Å²) < 4.78 is 6.03. The molecule has 0 saturated carbocycles. The van der Waals surface area contributed by atoms with Gasteiger partial charge >= 0.3 is 5.63 Å². The molecule has 0 bridgehead atoms. The van der Waals surface area contributed by atoms with Crippen LogP contribution in [-0.2, 0) is 0 Å². The first kappa shape index (κ1) is 13.1. The Kier molecular flexibility index (Phi) is 3.50. The van der Waals surface area contributed by atoms with Crippen LogP contribution in [0.5, 0.6) is 0 Å². The predicted molar refractivity (Wildman–Crippen MR) is 74.0 cm³/mol. The van der Waals surface area contributed by atoms with Crippen molar-refractivity contribution in [2.75, 3.05) is 0 Å². The van der Waals surface area contributed by atoms with Crippen LogP contribution >= 0.6 is 15.9 Å². The summed E-state index contributed by atoms with van der Waals surface area (Å²) in [6.45, 7) is 1.55. The molecule has 92 valence electrons. The summed E-state index contributed by atoms with van der Waals surface area (Å²) in [5.74, 6) is 0. The van der Waals surface area contributed by atoms with Crippen LogP contribution in [0, 0.1) is 22.7 Å². The lowest BCUT2D eigenvalue weighted by Gasteiger charge is -2.03. The van der Waals surface area contributed by atoms with Gasteiger partial charge in [0.05, 0.1) is 5.56 Å². The molecule has 0 aliphatic rings. The van der Waals surface area contributed by atoms with Crippen molar-refractivity contribution in [1.82, 2.24) is 0 Å². The van der Waals surface area contributed by atoms with Gasteiger partial charge in [-0.1, -0.05) is 15.9 Å². The van der Waals surface area contributed by atoms with Gasteiger partial charge in [0.25, 0.3) is 0 Å². The molecule has 19 heavy (non-hydrogen) atoms. The van der Waals surface area contributed by atoms with Crippen molar-refractivity contribution >= 4 is 32.5 Å². The Morgan fingerprint density at radius 2 is 1.95 bits per heavy atom. The lowest BCUT2D eigenvalue weighted by Crippen LogP contribution is -2.06. The smallest absolute Gasteiger partial charge is 0.343 e. The van der Waals surface area contributed by atoms with Crippen LogP contribution in [0.3, 0.4) is 0 Å². The number of nitrogens with zero attached hydrogens (tertiary/aromatic N) is 2. The highest BCUT2D eigenvalue weighted by Crippen LogP contribution is 2.22. The third-order valence-corrected chi connectivity index (χ3v) is 3.19. The summed E-state index contributed by atoms with van der Waals surface area (Å²) in [4.78, 5) is 11.9. The number of halogens is 1. The summed E-state index contributed by atoms with van der Waals surface area (Å²) in [7, 11) is 0. The van der Waals surface area contributed by atoms with Gasteiger partial charge in [0, 0.05) is 9.86 Å². The fourth-order valence-corrected chi connectivity index (χ4v) is 2.06. The number of hydrogen-bond donors (Lipinski definition) is 0. The maximum Gasteiger partial charge on any atom is 0.343 e. The fourth-order valence-electron chi connectivity index (χ4n) is 1.68. The number of rotatable bonds is 1. The molecule has 1 heterocycles. The average Bonchev–Trinajstić information content (AvgIpc) is 2.39. The number of fused-ring (bicyclic) bond motifs is 1. The molecule has 0 fully saturated rings. The number of hydrogen-bond acceptors (Lipinski definition) is 4. The van der Waals surface area contributed by atoms with E-state index in [0.29, 0.717) is 11.2 Å². The largest absolute Gasteiger partial charge is 0.422 e. The van der Waals surface area contributed by atoms with Gasteiger partial charge in [-0.2, -0.15) is 10.5 Å². The number of allylic oxidation sites excluding steroid dienone is 2. The van der Waals surface area contributed by atoms with Crippen LogP contribution in [0.1, 0.15) is 12.5 Å². The van der Waals surface area contributed by atoms with E-state index < -0.39 is 5.63 Å². The van der Waals surface area contributed by atoms with Crippen molar-refractivity contribution < 1.29 is 4.42 Å². The van der Waals surface area contributed by atoms with E-state index in [2.05, 4.69) is 15.9 Å². The molecule has 0 spiro atoms. The minimum Gasteiger partial charge on any atom is -0.422 e. The zero-order valence-corrected chi connectivity index (χ0v) is 11.5. The highest BCUT2D eigenvalue weighted by molar-refractivity contribution is 9.10. The van der Waals surface area contributed by atoms with Gasteiger partial charge in [-0.05, 0) is 36.8 Å². The van der Waals surface area contributed by atoms with E-state index in [0.717, 1.165) is 9.86 Å². The molecule has 0 atom stereocenters. The van der Waals surface area contributed by atoms with E-state index in [1.165, 1.54) is 0 Å². The highest BCUT2D eigenvalue weighted by atomic mass is 79.9. The van der Waals surface area contributed by atoms with Crippen LogP contribution in [0.2, 0.25) is 0 Å². The first-order valence-electron chi connectivity index (χ1n) is 5.31. The molecule has 0 aliphatic heterocycles. The minimum absolute atomic E-state index is 0.0957. The van der Waals surface area contributed by atoms with E-state index in [9.17, 15) is 4.79 Å². The summed E-state index contributed by atoms with van der Waals surface area (Å²) in [6, 6.07) is 10.4. The standard InChI is InChI=1S/C14H7BrN2O2/c1-8(10(6-16)7-17)12-5-9-4-11(15)2-3-13(9)19-14(12)18/h2-5H,1H3. The Hall–Kier alpha value is -2.37. The predicted octanol–water partition coefficient (Wildman–Crippen LogP) is 3.38. The van der Waals surface area contributed by atoms with Crippen molar-refractivity contribution in [3.63, 3.8) is 0 Å². The van der Waals surface area contributed by atoms with Crippen molar-refractivity contribution in [2.24, 2.45) is 0 Å². The van der Waals surface area contributed by atoms with E-state index in [1.54, 1.807) is 43.3 Å². The maximum absolute atomic E-state index is 11.9. The summed E-state index contributed by atoms with van der Waals surface area (Å²) in [5, 5.41) is 18.4. The fraction of sp³-hybridized carbons (Fsp3) is 0.0714. The SMILES string of the molecule is CC(=C(C#N)C#N)c1cc2cc(Br)ccc2oc1=O. The van der Waals surface area contributed by atoms with Gasteiger partial charge in [-0.25, -0.2) is 4.79 Å². The summed E-state index contributed by atoms with van der Waals surface area (Å²) in [5.41, 5.74) is 0.349. The van der Waals surface area contributed by atoms with Crippen LogP contribution in [0.25, 0.3) is 16.5 Å². The molecular formula is C14H7BrN2O2. The van der Waals surface area contributed by atoms with Gasteiger partial charge in [-0.3, -0.25) is 0 Å². The third-order valence-electron chi connectivity index (χ3n) is 2.70. The molecule has 0 unspecified atom stereocenters. The second kappa shape index (κ2) is 5.09. The molecule has 2 rings (SSSR count). The summed E-state index contributed by atoms with van der Waals surface area (Å²) in [6.07, 6.45) is 0. The van der Waals surface area contributed by atoms with Gasteiger partial charge in [0.2, 0.25) is 0 Å². The van der Waals surface area contributed by atoms with E-state index >= 15 is 0 Å². The quantitative estimate of drug-likeness (QED) is 0.597. The van der Waals surface area contributed by atoms with Crippen molar-refractivity contribution in [3.05, 3.63) is 50.3 Å². The first-order valence-corrected chi connectivity index (χ1v) is 6.11. The molecule has 0 saturated heterocycles. The Morgan fingerprint density at radius 3 is 2.58 bits per heavy atom. The molecule has 4 nitrogen and oxygen atoms in total. The van der Waals surface area contributed by atoms with Crippen molar-refractivity contribution in [2.45, 2.75) is 6.92 Å². The Morgan fingerprint density at radius 1 is 1.26 bits per heavy atom. The number of nitriles is 2. The molecule has 1 aromatic carbocycles. The molecule has 2 aromatic rings. The second-order valence-corrected chi connectivity index (χ2v) is 4.77. The number of benzene rings is 1. The van der Waals surface area contributed by atoms with Crippen molar-refractivity contribution in [1.29, 1.82) is 10.5 Å². The van der Waals surface area contributed by atoms with Crippen LogP contribution < -0.4 is 5.63 Å². The van der Waals surface area contributed by atoms with E-state index in [4.69, 9.17) is 14.9 Å². The van der Waals surface area contributed by atoms with Crippen LogP contribution in [-0.4, -0.2) is 0 Å². The van der Waals surface area contributed by atoms with E-state index in [1.807, 2.05) is 0 Å². The topological polar surface area (TPSA) is 77.8 Å². The zero-order chi connectivity index (χ0) is 14.0. The minimum atomic E-state index is -0.560. The van der Waals surface area contributed by atoms with E-state index in [-0.39, 0.29) is 11.1 Å². The molecule has 0 amide bonds. The summed E-state index contributed by atoms with van der Waals surface area (Å²) >= 11 is 3.33. The van der Waals surface area contributed by atoms with Gasteiger partial charge in [0.15, 0.2) is 0 Å². The molecule has 1 aromatic heterocycles. The molecule has 5 heteroatoms. The Labute approximate surface area is 117 Å². The second-order valence-electron chi connectivity index (χ2n) is 3.85. The molecule has 0 aliphatic carbocycles. The lowest BCUT2D eigenvalue weighted by atomic mass is 10.0. The monoisotopic (exact) mass is 314 g/mol.